The molecular weight excluding hydrogens is 835 g/mol. The van der Waals surface area contributed by atoms with Gasteiger partial charge in [-0.15, -0.1) is 0 Å². The number of carbonyl (C=O) groups is 3. The van der Waals surface area contributed by atoms with Crippen LogP contribution in [0.25, 0.3) is 0 Å². The van der Waals surface area contributed by atoms with Gasteiger partial charge >= 0.3 is 12.3 Å². The highest BCUT2D eigenvalue weighted by Gasteiger charge is 2.30. The first-order valence-corrected chi connectivity index (χ1v) is 19.4. The fourth-order valence-electron chi connectivity index (χ4n) is 5.12. The Morgan fingerprint density at radius 1 is 1.13 bits per heavy atom. The third-order valence-corrected chi connectivity index (χ3v) is 8.41. The van der Waals surface area contributed by atoms with Gasteiger partial charge < -0.3 is 39.6 Å². The number of halogens is 4. The highest BCUT2D eigenvalue weighted by atomic mass is 35.5. The van der Waals surface area contributed by atoms with Crippen LogP contribution in [0.5, 0.6) is 0 Å². The van der Waals surface area contributed by atoms with Crippen molar-refractivity contribution in [1.29, 1.82) is 0 Å². The number of aliphatic imine (C=N–C) groups is 3. The SMILES string of the molecule is C=N/C1=N\CNCC(/C=C\C)=C/C(Cl)=C/OCCCN(C(=O)OC/C(OC=O)=C(\C)OC)CC(C)(C)CNC(=O)c2ccc(cc2)N1.C=NCc1ccc(C(F)(F)F)cc1.CO. The standard InChI is InChI=1S/C33H45ClN6O7.C9H8F3N.CH4O/c1-7-9-25-16-27(34)18-45-15-8-14-40(32(43)46-19-29(47-23-41)24(2)44-6)21-33(3,4)20-37-30(42)26-10-12-28(13-11-26)39-31(35-5)38-22-36-17-25;1-13-6-7-2-4-8(5-3-7)9(10,11)12;1-2/h7,9-13,16,18,23,36H,5,8,14-15,17,19-22H2,1-4,6H3,(H,37,42)(H,38,39);2-5H,1,6H2;2H,1H3/b9-7-,25-16+,27-18-,29-24-;;. The van der Waals surface area contributed by atoms with E-state index < -0.39 is 23.2 Å². The number of rotatable bonds is 8. The monoisotopic (exact) mass is 891 g/mol. The Balaban J connectivity index is 0.00000108. The summed E-state index contributed by atoms with van der Waals surface area (Å²) in [5.41, 5.74) is 1.56. The van der Waals surface area contributed by atoms with E-state index in [0.29, 0.717) is 47.5 Å². The molecule has 0 saturated carbocycles. The van der Waals surface area contributed by atoms with Gasteiger partial charge in [0.05, 0.1) is 37.5 Å². The average Bonchev–Trinajstić information content (AvgIpc) is 3.25. The Morgan fingerprint density at radius 2 is 1.81 bits per heavy atom. The highest BCUT2D eigenvalue weighted by molar-refractivity contribution is 6.31. The maximum atomic E-state index is 13.2. The lowest BCUT2D eigenvalue weighted by molar-refractivity contribution is -0.137. The van der Waals surface area contributed by atoms with Gasteiger partial charge in [-0.25, -0.2) is 14.8 Å². The minimum atomic E-state index is -4.26. The van der Waals surface area contributed by atoms with Crippen molar-refractivity contribution in [2.45, 2.75) is 46.8 Å². The van der Waals surface area contributed by atoms with E-state index in [1.165, 1.54) is 30.4 Å². The summed E-state index contributed by atoms with van der Waals surface area (Å²) in [6, 6.07) is 11.7. The largest absolute Gasteiger partial charge is 0.500 e. The van der Waals surface area contributed by atoms with Crippen molar-refractivity contribution in [3.05, 3.63) is 112 Å². The van der Waals surface area contributed by atoms with E-state index in [9.17, 15) is 27.6 Å². The number of benzene rings is 2. The number of nitrogens with zero attached hydrogens (tertiary/aromatic N) is 4. The summed E-state index contributed by atoms with van der Waals surface area (Å²) in [5.74, 6) is 0.411. The Morgan fingerprint density at radius 3 is 2.39 bits per heavy atom. The second-order valence-electron chi connectivity index (χ2n) is 13.7. The number of hydrogen-bond donors (Lipinski definition) is 4. The highest BCUT2D eigenvalue weighted by Crippen LogP contribution is 2.29. The molecule has 15 nitrogen and oxygen atoms in total. The molecule has 62 heavy (non-hydrogen) atoms. The molecule has 2 bridgehead atoms. The number of allylic oxidation sites excluding steroid dienone is 4. The number of amides is 2. The van der Waals surface area contributed by atoms with Crippen LogP contribution in [0.2, 0.25) is 0 Å². The Kier molecular flexibility index (Phi) is 25.5. The summed E-state index contributed by atoms with van der Waals surface area (Å²) in [6.07, 6.45) is 2.59. The number of alkyl halides is 3. The zero-order chi connectivity index (χ0) is 46.6. The van der Waals surface area contributed by atoms with Crippen molar-refractivity contribution >= 4 is 55.2 Å². The van der Waals surface area contributed by atoms with Crippen molar-refractivity contribution in [2.24, 2.45) is 20.4 Å². The molecule has 2 amide bonds. The molecule has 0 unspecified atom stereocenters. The number of aliphatic hydroxyl groups excluding tert-OH is 1. The summed E-state index contributed by atoms with van der Waals surface area (Å²) in [7, 11) is 2.41. The molecule has 2 heterocycles. The molecule has 0 aromatic heterocycles. The number of nitrogens with one attached hydrogen (secondary N) is 3. The van der Waals surface area contributed by atoms with Crippen LogP contribution in [-0.4, -0.2) is 108 Å². The molecule has 0 atom stereocenters. The quantitative estimate of drug-likeness (QED) is 0.118. The van der Waals surface area contributed by atoms with Crippen molar-refractivity contribution in [1.82, 2.24) is 15.5 Å². The van der Waals surface area contributed by atoms with Gasteiger partial charge in [0, 0.05) is 44.5 Å². The fraction of sp³-hybridized carbons (Fsp3) is 0.395. The number of carbonyl (C=O) groups excluding carboxylic acids is 3. The van der Waals surface area contributed by atoms with Crippen LogP contribution < -0.4 is 16.0 Å². The summed E-state index contributed by atoms with van der Waals surface area (Å²) >= 11 is 6.42. The van der Waals surface area contributed by atoms with Crippen molar-refractivity contribution in [2.75, 3.05) is 65.6 Å². The third-order valence-electron chi connectivity index (χ3n) is 8.21. The van der Waals surface area contributed by atoms with E-state index in [-0.39, 0.29) is 57.7 Å². The van der Waals surface area contributed by atoms with Crippen LogP contribution in [0.1, 0.15) is 55.6 Å². The summed E-state index contributed by atoms with van der Waals surface area (Å²) in [4.78, 5) is 50.6. The average molecular weight is 892 g/mol. The maximum Gasteiger partial charge on any atom is 0.416 e. The van der Waals surface area contributed by atoms with E-state index >= 15 is 0 Å². The van der Waals surface area contributed by atoms with Gasteiger partial charge in [-0.3, -0.25) is 19.9 Å². The summed E-state index contributed by atoms with van der Waals surface area (Å²) in [5, 5.41) is 16.6. The van der Waals surface area contributed by atoms with Crippen molar-refractivity contribution in [3.8, 4) is 0 Å². The normalized spacial score (nSPS) is 18.4. The van der Waals surface area contributed by atoms with E-state index in [4.69, 9.17) is 35.7 Å². The molecule has 0 radical (unpaired) electrons. The number of methoxy groups -OCH3 is 1. The van der Waals surface area contributed by atoms with Crippen LogP contribution in [0.15, 0.2) is 110 Å². The number of aliphatic hydroxyl groups is 1. The molecule has 19 heteroatoms. The maximum absolute atomic E-state index is 13.2. The zero-order valence-electron chi connectivity index (χ0n) is 35.9. The molecule has 2 aromatic carbocycles. The summed E-state index contributed by atoms with van der Waals surface area (Å²) < 4.78 is 57.4. The number of hydrogen-bond acceptors (Lipinski definition) is 13. The van der Waals surface area contributed by atoms with Gasteiger partial charge in [0.15, 0.2) is 12.4 Å². The molecule has 2 aromatic rings. The summed E-state index contributed by atoms with van der Waals surface area (Å²) in [6.45, 7) is 16.2. The predicted molar refractivity (Wildman–Crippen MR) is 236 cm³/mol. The minimum Gasteiger partial charge on any atom is -0.500 e. The molecule has 4 N–H and O–H groups in total. The van der Waals surface area contributed by atoms with Crippen LogP contribution in [0.4, 0.5) is 23.7 Å². The zero-order valence-corrected chi connectivity index (χ0v) is 36.6. The first-order chi connectivity index (χ1) is 29.5. The minimum absolute atomic E-state index is 0.0717. The molecule has 0 saturated heterocycles. The van der Waals surface area contributed by atoms with Crippen LogP contribution >= 0.6 is 11.6 Å². The molecule has 0 fully saturated rings. The molecule has 340 valence electrons. The van der Waals surface area contributed by atoms with E-state index in [1.54, 1.807) is 37.3 Å². The third kappa shape index (κ3) is 21.5. The second-order valence-corrected chi connectivity index (χ2v) is 14.1. The predicted octanol–water partition coefficient (Wildman–Crippen LogP) is 7.47. The molecule has 2 aliphatic heterocycles. The number of guanidine groups is 1. The van der Waals surface area contributed by atoms with Crippen LogP contribution in [-0.2, 0) is 36.5 Å². The van der Waals surface area contributed by atoms with Gasteiger partial charge in [-0.1, -0.05) is 49.7 Å². The van der Waals surface area contributed by atoms with Gasteiger partial charge in [-0.05, 0) is 92.7 Å². The van der Waals surface area contributed by atoms with Crippen LogP contribution in [0, 0.1) is 5.41 Å². The lowest BCUT2D eigenvalue weighted by Crippen LogP contribution is -2.45. The van der Waals surface area contributed by atoms with Gasteiger partial charge in [-0.2, -0.15) is 13.2 Å². The number of anilines is 1. The Labute approximate surface area is 366 Å². The number of fused-ring (bicyclic) bond motifs is 18. The topological polar surface area (TPSA) is 185 Å². The molecule has 4 rings (SSSR count). The van der Waals surface area contributed by atoms with Gasteiger partial charge in [0.1, 0.15) is 12.0 Å². The van der Waals surface area contributed by atoms with Crippen molar-refractivity contribution < 1.29 is 51.6 Å². The lowest BCUT2D eigenvalue weighted by atomic mass is 9.92. The van der Waals surface area contributed by atoms with Crippen LogP contribution in [0.3, 0.4) is 0 Å². The molecule has 2 aliphatic rings. The number of ether oxygens (including phenoxy) is 4. The van der Waals surface area contributed by atoms with E-state index in [2.05, 4.69) is 44.4 Å². The van der Waals surface area contributed by atoms with Gasteiger partial charge in [0.25, 0.3) is 12.4 Å². The van der Waals surface area contributed by atoms with Gasteiger partial charge in [0.2, 0.25) is 5.96 Å². The molecule has 0 aliphatic carbocycles. The van der Waals surface area contributed by atoms with E-state index in [1.807, 2.05) is 32.9 Å². The lowest BCUT2D eigenvalue weighted by Gasteiger charge is -2.32. The smallest absolute Gasteiger partial charge is 0.416 e. The first kappa shape index (κ1) is 54.0. The molecular formula is C43H57ClF3N7O8. The van der Waals surface area contributed by atoms with Crippen molar-refractivity contribution in [3.63, 3.8) is 0 Å². The Bertz CT molecular complexity index is 1880. The molecule has 0 spiro atoms. The fourth-order valence-corrected chi connectivity index (χ4v) is 5.32. The first-order valence-electron chi connectivity index (χ1n) is 19.0. The Hall–Kier alpha value is -5.98. The van der Waals surface area contributed by atoms with E-state index in [0.717, 1.165) is 30.4 Å². The second kappa shape index (κ2) is 29.3.